The van der Waals surface area contributed by atoms with Gasteiger partial charge in [-0.25, -0.2) is 0 Å². The third-order valence-corrected chi connectivity index (χ3v) is 3.50. The van der Waals surface area contributed by atoms with E-state index >= 15 is 0 Å². The van der Waals surface area contributed by atoms with Crippen molar-refractivity contribution in [3.63, 3.8) is 0 Å². The van der Waals surface area contributed by atoms with Gasteiger partial charge in [-0.05, 0) is 52.9 Å². The molecule has 0 aliphatic carbocycles. The zero-order valence-corrected chi connectivity index (χ0v) is 13.3. The van der Waals surface area contributed by atoms with E-state index < -0.39 is 0 Å². The lowest BCUT2D eigenvalue weighted by Gasteiger charge is -2.14. The van der Waals surface area contributed by atoms with Gasteiger partial charge in [0.05, 0.1) is 0 Å². The van der Waals surface area contributed by atoms with Gasteiger partial charge in [0, 0.05) is 17.1 Å². The van der Waals surface area contributed by atoms with Crippen LogP contribution in [0, 0.1) is 11.8 Å². The van der Waals surface area contributed by atoms with Crippen molar-refractivity contribution in [2.24, 2.45) is 17.6 Å². The molecule has 0 saturated heterocycles. The van der Waals surface area contributed by atoms with Crippen LogP contribution >= 0.6 is 15.9 Å². The Hall–Kier alpha value is -1.27. The zero-order valence-electron chi connectivity index (χ0n) is 11.7. The van der Waals surface area contributed by atoms with Crippen molar-refractivity contribution in [3.8, 4) is 11.5 Å². The molecule has 0 fully saturated rings. The fraction of sp³-hybridized carbons (Fsp3) is 0.500. The summed E-state index contributed by atoms with van der Waals surface area (Å²) in [5.74, 6) is 2.13. The number of hydrogen-bond donors (Lipinski definition) is 1. The van der Waals surface area contributed by atoms with Crippen molar-refractivity contribution in [1.29, 1.82) is 0 Å². The molecule has 2 aromatic heterocycles. The van der Waals surface area contributed by atoms with Crippen LogP contribution in [0.1, 0.15) is 26.2 Å². The second-order valence-electron chi connectivity index (χ2n) is 5.31. The molecule has 1 unspecified atom stereocenters. The summed E-state index contributed by atoms with van der Waals surface area (Å²) in [5, 5.41) is 3.98. The third-order valence-electron chi connectivity index (χ3n) is 3.03. The molecule has 0 amide bonds. The van der Waals surface area contributed by atoms with E-state index in [2.05, 4.69) is 44.9 Å². The predicted molar refractivity (Wildman–Crippen MR) is 80.9 cm³/mol. The molecule has 0 saturated carbocycles. The number of aromatic nitrogens is 3. The second kappa shape index (κ2) is 6.95. The highest BCUT2D eigenvalue weighted by Crippen LogP contribution is 2.19. The summed E-state index contributed by atoms with van der Waals surface area (Å²) >= 11 is 3.35. The first kappa shape index (κ1) is 15.1. The zero-order chi connectivity index (χ0) is 14.5. The molecule has 0 aliphatic heterocycles. The molecule has 1 atom stereocenters. The standard InChI is InChI=1S/C14H19BrN4O/c1-9(2)5-10(7-16)6-13-18-14(19-20-13)12-4-3-11(15)8-17-12/h3-4,8-10H,5-7,16H2,1-2H3. The minimum absolute atomic E-state index is 0.376. The molecular weight excluding hydrogens is 320 g/mol. The molecule has 2 rings (SSSR count). The lowest BCUT2D eigenvalue weighted by atomic mass is 9.94. The maximum Gasteiger partial charge on any atom is 0.227 e. The Morgan fingerprint density at radius 2 is 2.15 bits per heavy atom. The molecule has 0 bridgehead atoms. The topological polar surface area (TPSA) is 77.8 Å². The van der Waals surface area contributed by atoms with Crippen LogP contribution in [0.25, 0.3) is 11.5 Å². The smallest absolute Gasteiger partial charge is 0.227 e. The number of hydrogen-bond acceptors (Lipinski definition) is 5. The van der Waals surface area contributed by atoms with Gasteiger partial charge in [-0.3, -0.25) is 4.98 Å². The molecule has 108 valence electrons. The van der Waals surface area contributed by atoms with E-state index in [0.717, 1.165) is 17.3 Å². The Balaban J connectivity index is 2.06. The van der Waals surface area contributed by atoms with Gasteiger partial charge < -0.3 is 10.3 Å². The van der Waals surface area contributed by atoms with Crippen molar-refractivity contribution in [2.75, 3.05) is 6.54 Å². The molecule has 0 aliphatic rings. The van der Waals surface area contributed by atoms with Crippen molar-refractivity contribution in [2.45, 2.75) is 26.7 Å². The Morgan fingerprint density at radius 3 is 2.75 bits per heavy atom. The van der Waals surface area contributed by atoms with Crippen LogP contribution in [-0.4, -0.2) is 21.7 Å². The van der Waals surface area contributed by atoms with Crippen molar-refractivity contribution in [1.82, 2.24) is 15.1 Å². The summed E-state index contributed by atoms with van der Waals surface area (Å²) in [4.78, 5) is 8.65. The molecule has 0 radical (unpaired) electrons. The molecule has 2 heterocycles. The average Bonchev–Trinajstić information content (AvgIpc) is 2.87. The van der Waals surface area contributed by atoms with Gasteiger partial charge >= 0.3 is 0 Å². The predicted octanol–water partition coefficient (Wildman–Crippen LogP) is 3.06. The van der Waals surface area contributed by atoms with E-state index in [1.54, 1.807) is 6.20 Å². The Kier molecular flexibility index (Phi) is 5.25. The minimum atomic E-state index is 0.376. The maximum atomic E-state index is 5.80. The molecule has 0 aromatic carbocycles. The van der Waals surface area contributed by atoms with Crippen LogP contribution in [0.3, 0.4) is 0 Å². The quantitative estimate of drug-likeness (QED) is 0.875. The lowest BCUT2D eigenvalue weighted by Crippen LogP contribution is -2.19. The molecular formula is C14H19BrN4O. The summed E-state index contributed by atoms with van der Waals surface area (Å²) in [6.07, 6.45) is 3.50. The Labute approximate surface area is 127 Å². The fourth-order valence-corrected chi connectivity index (χ4v) is 2.36. The van der Waals surface area contributed by atoms with E-state index in [4.69, 9.17) is 10.3 Å². The first-order chi connectivity index (χ1) is 9.58. The van der Waals surface area contributed by atoms with Crippen LogP contribution in [0.15, 0.2) is 27.3 Å². The Bertz CT molecular complexity index is 538. The highest BCUT2D eigenvalue weighted by atomic mass is 79.9. The maximum absolute atomic E-state index is 5.80. The van der Waals surface area contributed by atoms with Gasteiger partial charge in [0.1, 0.15) is 5.69 Å². The summed E-state index contributed by atoms with van der Waals surface area (Å²) < 4.78 is 6.22. The minimum Gasteiger partial charge on any atom is -0.339 e. The van der Waals surface area contributed by atoms with E-state index in [9.17, 15) is 0 Å². The van der Waals surface area contributed by atoms with Gasteiger partial charge in [0.2, 0.25) is 11.7 Å². The normalized spacial score (nSPS) is 12.8. The van der Waals surface area contributed by atoms with Crippen molar-refractivity contribution >= 4 is 15.9 Å². The summed E-state index contributed by atoms with van der Waals surface area (Å²) in [6, 6.07) is 3.76. The summed E-state index contributed by atoms with van der Waals surface area (Å²) in [6.45, 7) is 5.01. The average molecular weight is 339 g/mol. The monoisotopic (exact) mass is 338 g/mol. The first-order valence-corrected chi connectivity index (χ1v) is 7.52. The van der Waals surface area contributed by atoms with Crippen LogP contribution in [0.2, 0.25) is 0 Å². The van der Waals surface area contributed by atoms with E-state index in [1.807, 2.05) is 12.1 Å². The molecule has 0 spiro atoms. The number of nitrogens with zero attached hydrogens (tertiary/aromatic N) is 3. The van der Waals surface area contributed by atoms with E-state index in [-0.39, 0.29) is 0 Å². The van der Waals surface area contributed by atoms with E-state index in [0.29, 0.717) is 35.8 Å². The number of halogens is 1. The molecule has 2 N–H and O–H groups in total. The van der Waals surface area contributed by atoms with Gasteiger partial charge in [-0.15, -0.1) is 0 Å². The van der Waals surface area contributed by atoms with Crippen LogP contribution in [0.4, 0.5) is 0 Å². The van der Waals surface area contributed by atoms with Gasteiger partial charge in [-0.1, -0.05) is 19.0 Å². The largest absolute Gasteiger partial charge is 0.339 e. The second-order valence-corrected chi connectivity index (χ2v) is 6.22. The van der Waals surface area contributed by atoms with Gasteiger partial charge in [0.25, 0.3) is 0 Å². The summed E-state index contributed by atoms with van der Waals surface area (Å²) in [5.41, 5.74) is 6.50. The number of pyridine rings is 1. The number of nitrogens with two attached hydrogens (primary N) is 1. The third kappa shape index (κ3) is 4.11. The first-order valence-electron chi connectivity index (χ1n) is 6.73. The molecule has 5 nitrogen and oxygen atoms in total. The van der Waals surface area contributed by atoms with E-state index in [1.165, 1.54) is 0 Å². The van der Waals surface area contributed by atoms with Gasteiger partial charge in [-0.2, -0.15) is 4.98 Å². The van der Waals surface area contributed by atoms with Crippen LogP contribution in [-0.2, 0) is 6.42 Å². The Morgan fingerprint density at radius 1 is 1.35 bits per heavy atom. The highest BCUT2D eigenvalue weighted by Gasteiger charge is 2.16. The molecule has 2 aromatic rings. The SMILES string of the molecule is CC(C)CC(CN)Cc1nc(-c2ccc(Br)cn2)no1. The number of rotatable bonds is 6. The highest BCUT2D eigenvalue weighted by molar-refractivity contribution is 9.10. The van der Waals surface area contributed by atoms with Crippen molar-refractivity contribution in [3.05, 3.63) is 28.7 Å². The lowest BCUT2D eigenvalue weighted by molar-refractivity contribution is 0.332. The van der Waals surface area contributed by atoms with Crippen LogP contribution < -0.4 is 5.73 Å². The molecule has 6 heteroatoms. The van der Waals surface area contributed by atoms with Crippen molar-refractivity contribution < 1.29 is 4.52 Å². The van der Waals surface area contributed by atoms with Gasteiger partial charge in [0.15, 0.2) is 0 Å². The fourth-order valence-electron chi connectivity index (χ4n) is 2.13. The summed E-state index contributed by atoms with van der Waals surface area (Å²) in [7, 11) is 0. The van der Waals surface area contributed by atoms with Crippen LogP contribution in [0.5, 0.6) is 0 Å². The molecule has 20 heavy (non-hydrogen) atoms.